The Morgan fingerprint density at radius 3 is 2.62 bits per heavy atom. The SMILES string of the molecule is CC(C)c1cc(O)c2c(c1O)[C@@H]1C[C@H]3C(C)(C)CCC[C@]23C(=O)O1. The molecule has 24 heavy (non-hydrogen) atoms. The second-order valence-electron chi connectivity index (χ2n) is 8.77. The van der Waals surface area contributed by atoms with Gasteiger partial charge in [-0.1, -0.05) is 34.1 Å². The summed E-state index contributed by atoms with van der Waals surface area (Å²) in [6.07, 6.45) is 2.98. The van der Waals surface area contributed by atoms with E-state index >= 15 is 0 Å². The number of carbonyl (C=O) groups excluding carboxylic acids is 1. The van der Waals surface area contributed by atoms with Crippen LogP contribution in [0.4, 0.5) is 0 Å². The summed E-state index contributed by atoms with van der Waals surface area (Å²) in [5.41, 5.74) is 1.25. The number of fused-ring (bicyclic) bond motifs is 1. The van der Waals surface area contributed by atoms with E-state index in [0.29, 0.717) is 17.5 Å². The van der Waals surface area contributed by atoms with E-state index in [-0.39, 0.29) is 34.7 Å². The predicted octanol–water partition coefficient (Wildman–Crippen LogP) is 4.29. The van der Waals surface area contributed by atoms with Gasteiger partial charge in [0.15, 0.2) is 0 Å². The molecule has 2 aliphatic heterocycles. The average Bonchev–Trinajstić information content (AvgIpc) is 2.49. The highest BCUT2D eigenvalue weighted by molar-refractivity contribution is 5.90. The van der Waals surface area contributed by atoms with Crippen LogP contribution in [0.15, 0.2) is 6.07 Å². The van der Waals surface area contributed by atoms with Crippen LogP contribution >= 0.6 is 0 Å². The first kappa shape index (κ1) is 15.8. The highest BCUT2D eigenvalue weighted by Crippen LogP contribution is 2.66. The molecule has 4 heteroatoms. The van der Waals surface area contributed by atoms with Crippen LogP contribution in [0.2, 0.25) is 0 Å². The summed E-state index contributed by atoms with van der Waals surface area (Å²) >= 11 is 0. The van der Waals surface area contributed by atoms with Gasteiger partial charge in [-0.25, -0.2) is 0 Å². The molecule has 2 N–H and O–H groups in total. The number of phenolic OH excluding ortho intramolecular Hbond substituents is 2. The van der Waals surface area contributed by atoms with Crippen molar-refractivity contribution in [2.24, 2.45) is 11.3 Å². The molecule has 2 fully saturated rings. The number of ether oxygens (including phenoxy) is 1. The second-order valence-corrected chi connectivity index (χ2v) is 8.77. The van der Waals surface area contributed by atoms with Crippen molar-refractivity contribution in [2.75, 3.05) is 0 Å². The number of esters is 1. The van der Waals surface area contributed by atoms with Gasteiger partial charge in [0.1, 0.15) is 23.0 Å². The van der Waals surface area contributed by atoms with Gasteiger partial charge in [-0.2, -0.15) is 0 Å². The zero-order valence-corrected chi connectivity index (χ0v) is 14.8. The summed E-state index contributed by atoms with van der Waals surface area (Å²) in [6.45, 7) is 8.40. The van der Waals surface area contributed by atoms with Crippen LogP contribution in [0, 0.1) is 11.3 Å². The fourth-order valence-corrected chi connectivity index (χ4v) is 5.60. The molecule has 0 amide bonds. The van der Waals surface area contributed by atoms with E-state index in [0.717, 1.165) is 24.8 Å². The van der Waals surface area contributed by atoms with Crippen molar-refractivity contribution in [3.63, 3.8) is 0 Å². The Bertz CT molecular complexity index is 734. The van der Waals surface area contributed by atoms with Crippen molar-refractivity contribution in [1.82, 2.24) is 0 Å². The number of hydrogen-bond donors (Lipinski definition) is 2. The summed E-state index contributed by atoms with van der Waals surface area (Å²) in [5.74, 6) is 0.379. The number of benzene rings is 1. The Morgan fingerprint density at radius 1 is 1.25 bits per heavy atom. The van der Waals surface area contributed by atoms with Gasteiger partial charge >= 0.3 is 5.97 Å². The monoisotopic (exact) mass is 330 g/mol. The molecule has 130 valence electrons. The summed E-state index contributed by atoms with van der Waals surface area (Å²) < 4.78 is 5.73. The molecule has 4 aliphatic rings. The van der Waals surface area contributed by atoms with Crippen molar-refractivity contribution in [3.05, 3.63) is 22.8 Å². The maximum Gasteiger partial charge on any atom is 0.317 e. The fourth-order valence-electron chi connectivity index (χ4n) is 5.60. The molecule has 3 atom stereocenters. The minimum absolute atomic E-state index is 0.0202. The number of rotatable bonds is 1. The molecular weight excluding hydrogens is 304 g/mol. The maximum atomic E-state index is 12.9. The largest absolute Gasteiger partial charge is 0.508 e. The van der Waals surface area contributed by atoms with Crippen LogP contribution in [0.1, 0.15) is 82.1 Å². The van der Waals surface area contributed by atoms with Crippen molar-refractivity contribution in [2.45, 2.75) is 70.8 Å². The summed E-state index contributed by atoms with van der Waals surface area (Å²) in [5, 5.41) is 21.7. The van der Waals surface area contributed by atoms with Crippen LogP contribution in [-0.4, -0.2) is 16.2 Å². The van der Waals surface area contributed by atoms with E-state index in [1.165, 1.54) is 0 Å². The summed E-state index contributed by atoms with van der Waals surface area (Å²) in [6, 6.07) is 1.65. The number of aromatic hydroxyl groups is 2. The molecule has 1 aromatic rings. The lowest BCUT2D eigenvalue weighted by Crippen LogP contribution is -2.59. The highest BCUT2D eigenvalue weighted by Gasteiger charge is 2.65. The van der Waals surface area contributed by atoms with Gasteiger partial charge in [0.05, 0.1) is 0 Å². The van der Waals surface area contributed by atoms with E-state index in [1.807, 2.05) is 13.8 Å². The Labute approximate surface area is 142 Å². The van der Waals surface area contributed by atoms with Crippen molar-refractivity contribution in [1.29, 1.82) is 0 Å². The molecule has 2 bridgehead atoms. The van der Waals surface area contributed by atoms with E-state index < -0.39 is 11.5 Å². The molecule has 2 heterocycles. The molecular formula is C20H26O4. The maximum absolute atomic E-state index is 12.9. The zero-order chi connectivity index (χ0) is 17.4. The first-order valence-electron chi connectivity index (χ1n) is 9.00. The molecule has 1 aromatic carbocycles. The quantitative estimate of drug-likeness (QED) is 0.595. The first-order chi connectivity index (χ1) is 11.2. The standard InChI is InChI=1S/C20H26O4/c1-10(2)11-8-12(21)16-15(17(11)22)13-9-14-19(3,4)6-5-7-20(14,16)18(23)24-13/h8,10,13-14,21-22H,5-7,9H2,1-4H3/t13-,14-,20+/m0/s1. The van der Waals surface area contributed by atoms with Gasteiger partial charge < -0.3 is 14.9 Å². The normalized spacial score (nSPS) is 33.1. The Morgan fingerprint density at radius 2 is 1.96 bits per heavy atom. The number of phenols is 2. The van der Waals surface area contributed by atoms with Crippen LogP contribution < -0.4 is 0 Å². The Hall–Kier alpha value is -1.71. The smallest absolute Gasteiger partial charge is 0.317 e. The Kier molecular flexibility index (Phi) is 3.08. The van der Waals surface area contributed by atoms with Crippen LogP contribution in [0.3, 0.4) is 0 Å². The molecule has 1 saturated heterocycles. The van der Waals surface area contributed by atoms with Crippen LogP contribution in [0.5, 0.6) is 11.5 Å². The summed E-state index contributed by atoms with van der Waals surface area (Å²) in [4.78, 5) is 12.9. The van der Waals surface area contributed by atoms with E-state index in [4.69, 9.17) is 4.74 Å². The molecule has 1 saturated carbocycles. The fraction of sp³-hybridized carbons (Fsp3) is 0.650. The molecule has 0 radical (unpaired) electrons. The van der Waals surface area contributed by atoms with E-state index in [9.17, 15) is 15.0 Å². The lowest BCUT2D eigenvalue weighted by molar-refractivity contribution is -0.185. The van der Waals surface area contributed by atoms with Crippen molar-refractivity contribution >= 4 is 5.97 Å². The average molecular weight is 330 g/mol. The van der Waals surface area contributed by atoms with Gasteiger partial charge in [-0.15, -0.1) is 0 Å². The second kappa shape index (κ2) is 4.68. The molecule has 4 nitrogen and oxygen atoms in total. The predicted molar refractivity (Wildman–Crippen MR) is 90.1 cm³/mol. The summed E-state index contributed by atoms with van der Waals surface area (Å²) in [7, 11) is 0. The molecule has 1 spiro atoms. The number of hydrogen-bond acceptors (Lipinski definition) is 4. The topological polar surface area (TPSA) is 66.8 Å². The number of carbonyl (C=O) groups is 1. The van der Waals surface area contributed by atoms with Gasteiger partial charge in [-0.3, -0.25) is 4.79 Å². The van der Waals surface area contributed by atoms with Crippen LogP contribution in [0.25, 0.3) is 0 Å². The van der Waals surface area contributed by atoms with Gasteiger partial charge in [0.2, 0.25) is 0 Å². The molecule has 0 unspecified atom stereocenters. The third kappa shape index (κ3) is 1.72. The van der Waals surface area contributed by atoms with E-state index in [2.05, 4.69) is 13.8 Å². The third-order valence-corrected chi connectivity index (χ3v) is 6.73. The lowest BCUT2D eigenvalue weighted by atomic mass is 9.47. The van der Waals surface area contributed by atoms with Gasteiger partial charge in [0.25, 0.3) is 0 Å². The molecule has 5 rings (SSSR count). The minimum atomic E-state index is -0.803. The van der Waals surface area contributed by atoms with Crippen molar-refractivity contribution < 1.29 is 19.7 Å². The minimum Gasteiger partial charge on any atom is -0.508 e. The zero-order valence-electron chi connectivity index (χ0n) is 14.8. The van der Waals surface area contributed by atoms with Gasteiger partial charge in [-0.05, 0) is 42.6 Å². The van der Waals surface area contributed by atoms with Crippen LogP contribution in [-0.2, 0) is 14.9 Å². The molecule has 0 aromatic heterocycles. The van der Waals surface area contributed by atoms with Gasteiger partial charge in [0, 0.05) is 16.7 Å². The third-order valence-electron chi connectivity index (χ3n) is 6.73. The highest BCUT2D eigenvalue weighted by atomic mass is 16.5. The first-order valence-corrected chi connectivity index (χ1v) is 9.00. The molecule has 2 aliphatic carbocycles. The lowest BCUT2D eigenvalue weighted by Gasteiger charge is -2.58. The van der Waals surface area contributed by atoms with Crippen molar-refractivity contribution in [3.8, 4) is 11.5 Å². The Balaban J connectivity index is 2.03. The van der Waals surface area contributed by atoms with E-state index in [1.54, 1.807) is 6.07 Å².